The van der Waals surface area contributed by atoms with Gasteiger partial charge in [-0.1, -0.05) is 145 Å². The molecule has 0 saturated heterocycles. The fourth-order valence-electron chi connectivity index (χ4n) is 9.48. The van der Waals surface area contributed by atoms with Gasteiger partial charge in [0.15, 0.2) is 0 Å². The van der Waals surface area contributed by atoms with E-state index in [1.807, 2.05) is 23.1 Å². The zero-order valence-electron chi connectivity index (χ0n) is 29.2. The van der Waals surface area contributed by atoms with Gasteiger partial charge in [-0.2, -0.15) is 0 Å². The van der Waals surface area contributed by atoms with Gasteiger partial charge in [-0.3, -0.25) is 0 Å². The zero-order chi connectivity index (χ0) is 35.4. The second kappa shape index (κ2) is 11.4. The highest BCUT2D eigenvalue weighted by atomic mass is 32.2. The Kier molecular flexibility index (Phi) is 6.42. The molecule has 0 saturated carbocycles. The van der Waals surface area contributed by atoms with E-state index in [0.29, 0.717) is 0 Å². The Bertz CT molecular complexity index is 3110. The van der Waals surface area contributed by atoms with Gasteiger partial charge < -0.3 is 4.90 Å². The van der Waals surface area contributed by atoms with Crippen LogP contribution in [0.3, 0.4) is 0 Å². The largest absolute Gasteiger partial charge is 0.310 e. The minimum atomic E-state index is -0.461. The summed E-state index contributed by atoms with van der Waals surface area (Å²) in [5, 5.41) is 7.76. The van der Waals surface area contributed by atoms with Gasteiger partial charge in [-0.15, -0.1) is 11.3 Å². The summed E-state index contributed by atoms with van der Waals surface area (Å²) in [6.07, 6.45) is 0. The molecular weight excluding hydrogens is 691 g/mol. The maximum absolute atomic E-state index is 2.47. The van der Waals surface area contributed by atoms with Crippen LogP contribution in [0, 0.1) is 0 Å². The van der Waals surface area contributed by atoms with Crippen LogP contribution in [-0.2, 0) is 5.41 Å². The summed E-state index contributed by atoms with van der Waals surface area (Å²) < 4.78 is 2.62. The van der Waals surface area contributed by atoms with Gasteiger partial charge in [-0.25, -0.2) is 0 Å². The molecule has 0 atom stereocenters. The van der Waals surface area contributed by atoms with Crippen LogP contribution < -0.4 is 4.90 Å². The highest BCUT2D eigenvalue weighted by Gasteiger charge is 2.48. The fourth-order valence-corrected chi connectivity index (χ4v) is 11.8. The number of anilines is 3. The van der Waals surface area contributed by atoms with Gasteiger partial charge in [0.1, 0.15) is 0 Å². The molecule has 0 amide bonds. The standard InChI is InChI=1S/C51H31NS2/c1-2-15-34(16-3-1)52(35-25-26-37-40-29-32-13-4-5-14-33(32)30-48(40)54-49(37)31-35)45-28-27-38-36-17-6-7-19-41(36)51(44-22-12-18-39(45)50(38)44)42-20-8-10-23-46(42)53-47-24-11-9-21-43(47)51/h1-31H. The van der Waals surface area contributed by atoms with Gasteiger partial charge in [0.2, 0.25) is 0 Å². The Labute approximate surface area is 321 Å². The Balaban J connectivity index is 1.15. The van der Waals surface area contributed by atoms with E-state index in [1.54, 1.807) is 0 Å². The molecular formula is C51H31NS2. The van der Waals surface area contributed by atoms with Gasteiger partial charge in [0.25, 0.3) is 0 Å². The Morgan fingerprint density at radius 1 is 0.389 bits per heavy atom. The number of rotatable bonds is 3. The van der Waals surface area contributed by atoms with E-state index in [-0.39, 0.29) is 0 Å². The molecule has 1 aromatic heterocycles. The van der Waals surface area contributed by atoms with Crippen molar-refractivity contribution in [1.82, 2.24) is 0 Å². The predicted molar refractivity (Wildman–Crippen MR) is 230 cm³/mol. The number of hydrogen-bond acceptors (Lipinski definition) is 3. The van der Waals surface area contributed by atoms with E-state index in [2.05, 4.69) is 193 Å². The van der Waals surface area contributed by atoms with Crippen molar-refractivity contribution >= 4 is 81.9 Å². The quantitative estimate of drug-likeness (QED) is 0.179. The van der Waals surface area contributed by atoms with Crippen LogP contribution in [0.1, 0.15) is 22.3 Å². The first kappa shape index (κ1) is 30.3. The topological polar surface area (TPSA) is 3.24 Å². The van der Waals surface area contributed by atoms with Crippen molar-refractivity contribution in [2.45, 2.75) is 15.2 Å². The first-order chi connectivity index (χ1) is 26.8. The molecule has 0 N–H and O–H groups in total. The number of fused-ring (bicyclic) bond motifs is 12. The minimum Gasteiger partial charge on any atom is -0.310 e. The Morgan fingerprint density at radius 2 is 1.04 bits per heavy atom. The third-order valence-corrected chi connectivity index (χ3v) is 13.9. The molecule has 3 heteroatoms. The predicted octanol–water partition coefficient (Wildman–Crippen LogP) is 14.7. The first-order valence-corrected chi connectivity index (χ1v) is 20.1. The Hall–Kier alpha value is -6.13. The molecule has 54 heavy (non-hydrogen) atoms. The summed E-state index contributed by atoms with van der Waals surface area (Å²) in [6, 6.07) is 70.3. The second-order valence-corrected chi connectivity index (χ2v) is 16.6. The number of thiophene rings is 1. The van der Waals surface area contributed by atoms with Crippen LogP contribution >= 0.6 is 23.1 Å². The molecule has 10 aromatic rings. The lowest BCUT2D eigenvalue weighted by molar-refractivity contribution is 0.707. The molecule has 0 radical (unpaired) electrons. The van der Waals surface area contributed by atoms with Crippen LogP contribution in [0.4, 0.5) is 17.1 Å². The number of benzene rings is 9. The smallest absolute Gasteiger partial charge is 0.0735 e. The number of nitrogens with zero attached hydrogens (tertiary/aromatic N) is 1. The summed E-state index contributed by atoms with van der Waals surface area (Å²) >= 11 is 3.78. The lowest BCUT2D eigenvalue weighted by atomic mass is 9.59. The van der Waals surface area contributed by atoms with Crippen molar-refractivity contribution in [2.24, 2.45) is 0 Å². The van der Waals surface area contributed by atoms with Gasteiger partial charge >= 0.3 is 0 Å². The lowest BCUT2D eigenvalue weighted by Gasteiger charge is -2.46. The number of hydrogen-bond donors (Lipinski definition) is 0. The van der Waals surface area contributed by atoms with E-state index in [9.17, 15) is 0 Å². The second-order valence-electron chi connectivity index (χ2n) is 14.4. The van der Waals surface area contributed by atoms with Crippen LogP contribution in [0.5, 0.6) is 0 Å². The van der Waals surface area contributed by atoms with Crippen LogP contribution in [0.15, 0.2) is 198 Å². The minimum absolute atomic E-state index is 0.461. The van der Waals surface area contributed by atoms with Gasteiger partial charge in [-0.05, 0) is 104 Å². The van der Waals surface area contributed by atoms with Crippen molar-refractivity contribution in [3.05, 3.63) is 210 Å². The summed E-state index contributed by atoms with van der Waals surface area (Å²) in [5.74, 6) is 0. The molecule has 1 spiro atoms. The molecule has 1 aliphatic carbocycles. The zero-order valence-corrected chi connectivity index (χ0v) is 30.8. The summed E-state index contributed by atoms with van der Waals surface area (Å²) in [4.78, 5) is 5.10. The monoisotopic (exact) mass is 721 g/mol. The van der Waals surface area contributed by atoms with Crippen LogP contribution in [0.2, 0.25) is 0 Å². The maximum atomic E-state index is 2.47. The average molecular weight is 722 g/mol. The van der Waals surface area contributed by atoms with E-state index < -0.39 is 5.41 Å². The van der Waals surface area contributed by atoms with Gasteiger partial charge in [0, 0.05) is 46.7 Å². The molecule has 1 aliphatic heterocycles. The molecule has 9 aromatic carbocycles. The van der Waals surface area contributed by atoms with E-state index in [0.717, 1.165) is 11.4 Å². The molecule has 0 unspecified atom stereocenters. The molecule has 0 bridgehead atoms. The van der Waals surface area contributed by atoms with Crippen LogP contribution in [-0.4, -0.2) is 0 Å². The molecule has 12 rings (SSSR count). The lowest BCUT2D eigenvalue weighted by Crippen LogP contribution is -2.36. The highest BCUT2D eigenvalue weighted by molar-refractivity contribution is 7.99. The Morgan fingerprint density at radius 3 is 1.83 bits per heavy atom. The molecule has 252 valence electrons. The summed E-state index contributed by atoms with van der Waals surface area (Å²) in [6.45, 7) is 0. The average Bonchev–Trinajstić information content (AvgIpc) is 3.59. The fraction of sp³-hybridized carbons (Fsp3) is 0.0196. The molecule has 0 fully saturated rings. The first-order valence-electron chi connectivity index (χ1n) is 18.5. The SMILES string of the molecule is c1ccc(N(c2ccc3c(c2)sc2cc4ccccc4cc23)c2ccc3c4c(cccc24)C2(c4ccccc4Sc4ccccc42)c2ccccc2-3)cc1. The van der Waals surface area contributed by atoms with Crippen molar-refractivity contribution in [1.29, 1.82) is 0 Å². The van der Waals surface area contributed by atoms with E-state index in [1.165, 1.54) is 90.6 Å². The summed E-state index contributed by atoms with van der Waals surface area (Å²) in [7, 11) is 0. The van der Waals surface area contributed by atoms with E-state index in [4.69, 9.17) is 0 Å². The van der Waals surface area contributed by atoms with Crippen molar-refractivity contribution in [3.8, 4) is 11.1 Å². The van der Waals surface area contributed by atoms with Crippen molar-refractivity contribution in [3.63, 3.8) is 0 Å². The van der Waals surface area contributed by atoms with Crippen molar-refractivity contribution in [2.75, 3.05) is 4.90 Å². The third kappa shape index (κ3) is 4.11. The molecule has 2 aliphatic rings. The maximum Gasteiger partial charge on any atom is 0.0735 e. The third-order valence-electron chi connectivity index (χ3n) is 11.7. The normalized spacial score (nSPS) is 13.6. The van der Waals surface area contributed by atoms with E-state index >= 15 is 0 Å². The number of para-hydroxylation sites is 1. The summed E-state index contributed by atoms with van der Waals surface area (Å²) in [5.41, 5.74) is 11.0. The van der Waals surface area contributed by atoms with Crippen molar-refractivity contribution < 1.29 is 0 Å². The molecule has 2 heterocycles. The molecule has 1 nitrogen and oxygen atoms in total. The van der Waals surface area contributed by atoms with Gasteiger partial charge in [0.05, 0.1) is 11.1 Å². The van der Waals surface area contributed by atoms with Crippen LogP contribution in [0.25, 0.3) is 52.8 Å². The highest BCUT2D eigenvalue weighted by Crippen LogP contribution is 2.62.